The molecule has 0 amide bonds. The third kappa shape index (κ3) is 1.69. The van der Waals surface area contributed by atoms with Gasteiger partial charge in [0.15, 0.2) is 0 Å². The number of para-hydroxylation sites is 1. The van der Waals surface area contributed by atoms with E-state index in [-0.39, 0.29) is 0 Å². The van der Waals surface area contributed by atoms with E-state index >= 15 is 0 Å². The Kier molecular flexibility index (Phi) is 2.53. The van der Waals surface area contributed by atoms with E-state index in [0.717, 1.165) is 5.75 Å². The van der Waals surface area contributed by atoms with Gasteiger partial charge in [-0.2, -0.15) is 0 Å². The van der Waals surface area contributed by atoms with Gasteiger partial charge in [-0.15, -0.1) is 0 Å². The van der Waals surface area contributed by atoms with Crippen molar-refractivity contribution in [2.24, 2.45) is 0 Å². The Morgan fingerprint density at radius 3 is 2.15 bits per heavy atom. The summed E-state index contributed by atoms with van der Waals surface area (Å²) in [6.07, 6.45) is 6.32. The van der Waals surface area contributed by atoms with Crippen LogP contribution in [0.15, 0.2) is 18.2 Å². The third-order valence-electron chi connectivity index (χ3n) is 2.77. The van der Waals surface area contributed by atoms with E-state index in [0.29, 0.717) is 0 Å². The summed E-state index contributed by atoms with van der Waals surface area (Å²) in [6.45, 7) is 0. The van der Waals surface area contributed by atoms with Crippen LogP contribution in [-0.2, 0) is 12.8 Å². The van der Waals surface area contributed by atoms with E-state index in [4.69, 9.17) is 4.74 Å². The lowest BCUT2D eigenvalue weighted by atomic mass is 9.95. The van der Waals surface area contributed by atoms with Gasteiger partial charge in [0.25, 0.3) is 0 Å². The van der Waals surface area contributed by atoms with E-state index in [1.807, 2.05) is 0 Å². The molecule has 2 bridgehead atoms. The van der Waals surface area contributed by atoms with Gasteiger partial charge in [-0.3, -0.25) is 0 Å². The molecule has 0 radical (unpaired) electrons. The molecule has 0 N–H and O–H groups in total. The molecule has 0 saturated heterocycles. The van der Waals surface area contributed by atoms with Gasteiger partial charge in [-0.1, -0.05) is 24.6 Å². The number of hydrogen-bond acceptors (Lipinski definition) is 1. The first kappa shape index (κ1) is 8.61. The van der Waals surface area contributed by atoms with Gasteiger partial charge in [0.1, 0.15) is 5.75 Å². The van der Waals surface area contributed by atoms with Gasteiger partial charge >= 0.3 is 0 Å². The molecule has 1 aromatic carbocycles. The maximum absolute atomic E-state index is 5.45. The summed E-state index contributed by atoms with van der Waals surface area (Å²) >= 11 is 0. The van der Waals surface area contributed by atoms with Crippen molar-refractivity contribution in [3.63, 3.8) is 0 Å². The van der Waals surface area contributed by atoms with E-state index in [2.05, 4.69) is 18.2 Å². The summed E-state index contributed by atoms with van der Waals surface area (Å²) in [5.41, 5.74) is 2.78. The fraction of sp³-hybridized carbons (Fsp3) is 0.500. The minimum atomic E-state index is 1.14. The molecule has 1 aliphatic rings. The van der Waals surface area contributed by atoms with Crippen molar-refractivity contribution >= 4 is 0 Å². The predicted octanol–water partition coefficient (Wildman–Crippen LogP) is 2.96. The van der Waals surface area contributed by atoms with E-state index in [1.165, 1.54) is 43.2 Å². The topological polar surface area (TPSA) is 9.23 Å². The Balaban J connectivity index is 2.42. The molecule has 0 aliphatic heterocycles. The van der Waals surface area contributed by atoms with Gasteiger partial charge in [-0.05, 0) is 36.8 Å². The standard InChI is InChI=1S/C12H16O/c1-13-12-10-6-3-2-4-7-11(12)9-5-8-10/h5,8-9H,2-4,6-7H2,1H3. The molecule has 0 unspecified atom stereocenters. The highest BCUT2D eigenvalue weighted by atomic mass is 16.5. The van der Waals surface area contributed by atoms with Crippen LogP contribution in [0.5, 0.6) is 5.75 Å². The van der Waals surface area contributed by atoms with Crippen LogP contribution in [-0.4, -0.2) is 7.11 Å². The Labute approximate surface area is 79.7 Å². The molecule has 1 heteroatoms. The molecule has 2 rings (SSSR count). The average Bonchev–Trinajstić information content (AvgIpc) is 2.16. The third-order valence-corrected chi connectivity index (χ3v) is 2.77. The van der Waals surface area contributed by atoms with Crippen LogP contribution in [0.3, 0.4) is 0 Å². The van der Waals surface area contributed by atoms with Crippen LogP contribution in [0.2, 0.25) is 0 Å². The zero-order valence-corrected chi connectivity index (χ0v) is 8.18. The maximum Gasteiger partial charge on any atom is 0.125 e. The van der Waals surface area contributed by atoms with Crippen LogP contribution in [0.25, 0.3) is 0 Å². The van der Waals surface area contributed by atoms with Gasteiger partial charge in [0, 0.05) is 0 Å². The highest BCUT2D eigenvalue weighted by Gasteiger charge is 2.10. The SMILES string of the molecule is COc1c2cccc1CCCCC2. The van der Waals surface area contributed by atoms with Crippen molar-refractivity contribution in [2.45, 2.75) is 32.1 Å². The summed E-state index contributed by atoms with van der Waals surface area (Å²) < 4.78 is 5.45. The van der Waals surface area contributed by atoms with Gasteiger partial charge in [0.2, 0.25) is 0 Å². The molecule has 0 heterocycles. The molecular weight excluding hydrogens is 160 g/mol. The molecule has 0 aromatic heterocycles. The van der Waals surface area contributed by atoms with Gasteiger partial charge < -0.3 is 4.74 Å². The molecule has 1 aromatic rings. The zero-order valence-electron chi connectivity index (χ0n) is 8.18. The fourth-order valence-electron chi connectivity index (χ4n) is 2.10. The van der Waals surface area contributed by atoms with Crippen LogP contribution in [0.4, 0.5) is 0 Å². The number of methoxy groups -OCH3 is 1. The second kappa shape index (κ2) is 3.82. The lowest BCUT2D eigenvalue weighted by molar-refractivity contribution is 0.400. The lowest BCUT2D eigenvalue weighted by Crippen LogP contribution is -2.01. The van der Waals surface area contributed by atoms with Gasteiger partial charge in [-0.25, -0.2) is 0 Å². The van der Waals surface area contributed by atoms with Crippen molar-refractivity contribution in [2.75, 3.05) is 7.11 Å². The second-order valence-electron chi connectivity index (χ2n) is 3.67. The smallest absolute Gasteiger partial charge is 0.125 e. The Morgan fingerprint density at radius 2 is 1.62 bits per heavy atom. The summed E-state index contributed by atoms with van der Waals surface area (Å²) in [4.78, 5) is 0. The van der Waals surface area contributed by atoms with Crippen molar-refractivity contribution in [1.29, 1.82) is 0 Å². The largest absolute Gasteiger partial charge is 0.496 e. The molecule has 0 atom stereocenters. The molecule has 1 nitrogen and oxygen atoms in total. The maximum atomic E-state index is 5.45. The quantitative estimate of drug-likeness (QED) is 0.639. The number of fused-ring (bicyclic) bond motifs is 2. The molecule has 0 fully saturated rings. The van der Waals surface area contributed by atoms with E-state index in [9.17, 15) is 0 Å². The molecule has 70 valence electrons. The first-order valence-electron chi connectivity index (χ1n) is 5.06. The number of ether oxygens (including phenoxy) is 1. The predicted molar refractivity (Wildman–Crippen MR) is 54.3 cm³/mol. The molecule has 13 heavy (non-hydrogen) atoms. The number of hydrogen-bond donors (Lipinski definition) is 0. The Morgan fingerprint density at radius 1 is 1.00 bits per heavy atom. The highest BCUT2D eigenvalue weighted by molar-refractivity contribution is 5.42. The normalized spacial score (nSPS) is 16.1. The molecular formula is C12H16O. The van der Waals surface area contributed by atoms with Crippen LogP contribution in [0.1, 0.15) is 30.4 Å². The van der Waals surface area contributed by atoms with Crippen molar-refractivity contribution in [3.8, 4) is 5.75 Å². The van der Waals surface area contributed by atoms with E-state index < -0.39 is 0 Å². The van der Waals surface area contributed by atoms with Crippen molar-refractivity contribution < 1.29 is 4.74 Å². The van der Waals surface area contributed by atoms with Crippen molar-refractivity contribution in [3.05, 3.63) is 29.3 Å². The first-order chi connectivity index (χ1) is 6.42. The Hall–Kier alpha value is -0.980. The zero-order chi connectivity index (χ0) is 9.10. The second-order valence-corrected chi connectivity index (χ2v) is 3.67. The number of aryl methyl sites for hydroxylation is 2. The minimum absolute atomic E-state index is 1.14. The van der Waals surface area contributed by atoms with E-state index in [1.54, 1.807) is 7.11 Å². The highest BCUT2D eigenvalue weighted by Crippen LogP contribution is 2.29. The first-order valence-corrected chi connectivity index (χ1v) is 5.06. The molecule has 0 spiro atoms. The summed E-state index contributed by atoms with van der Waals surface area (Å²) in [7, 11) is 1.78. The minimum Gasteiger partial charge on any atom is -0.496 e. The number of benzene rings is 1. The van der Waals surface area contributed by atoms with Crippen LogP contribution >= 0.6 is 0 Å². The monoisotopic (exact) mass is 176 g/mol. The fourth-order valence-corrected chi connectivity index (χ4v) is 2.10. The molecule has 1 aliphatic carbocycles. The van der Waals surface area contributed by atoms with Crippen LogP contribution in [0, 0.1) is 0 Å². The summed E-state index contributed by atoms with van der Waals surface area (Å²) in [6, 6.07) is 6.53. The van der Waals surface area contributed by atoms with Crippen molar-refractivity contribution in [1.82, 2.24) is 0 Å². The Bertz CT molecular complexity index is 267. The van der Waals surface area contributed by atoms with Crippen LogP contribution < -0.4 is 4.74 Å². The summed E-state index contributed by atoms with van der Waals surface area (Å²) in [5, 5.41) is 0. The van der Waals surface area contributed by atoms with Gasteiger partial charge in [0.05, 0.1) is 7.11 Å². The average molecular weight is 176 g/mol. The molecule has 0 saturated carbocycles. The summed E-state index contributed by atoms with van der Waals surface area (Å²) in [5.74, 6) is 1.14. The lowest BCUT2D eigenvalue weighted by Gasteiger charge is -2.16. The number of rotatable bonds is 1.